The van der Waals surface area contributed by atoms with Crippen LogP contribution in [0.15, 0.2) is 73.1 Å². The van der Waals surface area contributed by atoms with E-state index >= 15 is 0 Å². The first-order valence-corrected chi connectivity index (χ1v) is 19.1. The number of carbonyl (C=O) groups is 1. The standard InChI is InChI=1S/C37H42N6O2.3C2H6.CH4/c1-22-16-30(38-19-22)34-39-20-31(41-34)25-9-7-24(8-10-25)26-11-12-28-18-29(14-13-27(28)17-26)32-21-40-35(42-32)33-15-6-23(2)43(33)36(44)45-37(3,4)5;3*1-2;/h7-14,17-18,20-23,30,33,38H,6,15-16,19H2,1-5H3,(H,39,41)(H,40,42);3*1-2H3;1H4/t22?,23?,30-,33-;;;;/m0..../s1. The highest BCUT2D eigenvalue weighted by Gasteiger charge is 2.39. The summed E-state index contributed by atoms with van der Waals surface area (Å²) in [4.78, 5) is 31.2. The minimum absolute atomic E-state index is 0. The molecule has 2 fully saturated rings. The van der Waals surface area contributed by atoms with E-state index in [4.69, 9.17) is 9.72 Å². The van der Waals surface area contributed by atoms with Crippen LogP contribution in [0.5, 0.6) is 0 Å². The second-order valence-corrected chi connectivity index (χ2v) is 13.8. The summed E-state index contributed by atoms with van der Waals surface area (Å²) in [6, 6.07) is 22.1. The van der Waals surface area contributed by atoms with Crippen molar-refractivity contribution in [3.05, 3.63) is 84.7 Å². The van der Waals surface area contributed by atoms with Crippen molar-refractivity contribution in [1.82, 2.24) is 30.2 Å². The molecule has 0 saturated carbocycles. The zero-order valence-electron chi connectivity index (χ0n) is 32.7. The summed E-state index contributed by atoms with van der Waals surface area (Å²) in [5, 5.41) is 5.89. The minimum atomic E-state index is -0.539. The molecule has 2 aromatic heterocycles. The van der Waals surface area contributed by atoms with Crippen molar-refractivity contribution in [3.63, 3.8) is 0 Å². The van der Waals surface area contributed by atoms with Crippen LogP contribution in [0.2, 0.25) is 0 Å². The van der Waals surface area contributed by atoms with E-state index in [0.717, 1.165) is 65.4 Å². The zero-order chi connectivity index (χ0) is 37.3. The summed E-state index contributed by atoms with van der Waals surface area (Å²) in [5.74, 6) is 2.50. The summed E-state index contributed by atoms with van der Waals surface area (Å²) < 4.78 is 5.71. The van der Waals surface area contributed by atoms with E-state index in [9.17, 15) is 4.79 Å². The second-order valence-electron chi connectivity index (χ2n) is 13.8. The molecule has 52 heavy (non-hydrogen) atoms. The van der Waals surface area contributed by atoms with Gasteiger partial charge < -0.3 is 20.0 Å². The highest BCUT2D eigenvalue weighted by Crippen LogP contribution is 2.37. The van der Waals surface area contributed by atoms with Crippen molar-refractivity contribution in [1.29, 1.82) is 0 Å². The lowest BCUT2D eigenvalue weighted by Gasteiger charge is -2.30. The van der Waals surface area contributed by atoms with E-state index in [0.29, 0.717) is 12.0 Å². The number of fused-ring (bicyclic) bond motifs is 1. The number of H-pyrrole nitrogens is 2. The molecule has 3 N–H and O–H groups in total. The molecule has 2 unspecified atom stereocenters. The maximum absolute atomic E-state index is 13.0. The average molecular weight is 709 g/mol. The van der Waals surface area contributed by atoms with Crippen LogP contribution in [0.25, 0.3) is 44.4 Å². The van der Waals surface area contributed by atoms with Gasteiger partial charge in [-0.2, -0.15) is 0 Å². The first-order valence-electron chi connectivity index (χ1n) is 19.1. The SMILES string of the molecule is C.CC.CC.CC.CC1CN[C@H](c2ncc(-c3ccc(-c4ccc5cc(-c6cnc([C@@H]7CCC(C)N7C(=O)OC(C)(C)C)[nH]6)ccc5c4)cc3)[nH]2)C1. The fraction of sp³-hybridized carbons (Fsp3) is 0.477. The second kappa shape index (κ2) is 18.9. The number of hydrogen-bond donors (Lipinski definition) is 3. The molecule has 2 saturated heterocycles. The van der Waals surface area contributed by atoms with Gasteiger partial charge in [-0.15, -0.1) is 0 Å². The van der Waals surface area contributed by atoms with Gasteiger partial charge in [0.15, 0.2) is 0 Å². The molecule has 4 heterocycles. The Kier molecular flexibility index (Phi) is 15.2. The Morgan fingerprint density at radius 1 is 0.731 bits per heavy atom. The maximum Gasteiger partial charge on any atom is 0.411 e. The molecule has 3 aromatic carbocycles. The van der Waals surface area contributed by atoms with Gasteiger partial charge in [0.1, 0.15) is 17.2 Å². The topological polar surface area (TPSA) is 98.9 Å². The number of benzene rings is 3. The van der Waals surface area contributed by atoms with Crippen molar-refractivity contribution < 1.29 is 9.53 Å². The maximum atomic E-state index is 13.0. The third-order valence-electron chi connectivity index (χ3n) is 9.14. The molecule has 8 heteroatoms. The number of nitrogens with one attached hydrogen (secondary N) is 3. The summed E-state index contributed by atoms with van der Waals surface area (Å²) in [7, 11) is 0. The van der Waals surface area contributed by atoms with Crippen LogP contribution in [0.4, 0.5) is 4.79 Å². The number of ether oxygens (including phenoxy) is 1. The van der Waals surface area contributed by atoms with Crippen LogP contribution in [0, 0.1) is 5.92 Å². The molecule has 0 spiro atoms. The van der Waals surface area contributed by atoms with Crippen molar-refractivity contribution in [3.8, 4) is 33.6 Å². The van der Waals surface area contributed by atoms with E-state index in [1.54, 1.807) is 0 Å². The van der Waals surface area contributed by atoms with Crippen LogP contribution < -0.4 is 5.32 Å². The lowest BCUT2D eigenvalue weighted by atomic mass is 9.98. The fourth-order valence-electron chi connectivity index (χ4n) is 6.74. The summed E-state index contributed by atoms with van der Waals surface area (Å²) in [5.41, 5.74) is 6.00. The molecule has 5 aromatic rings. The summed E-state index contributed by atoms with van der Waals surface area (Å²) >= 11 is 0. The van der Waals surface area contributed by atoms with Gasteiger partial charge in [-0.3, -0.25) is 4.90 Å². The van der Waals surface area contributed by atoms with Crippen molar-refractivity contribution >= 4 is 16.9 Å². The Morgan fingerprint density at radius 3 is 1.85 bits per heavy atom. The average Bonchev–Trinajstić information content (AvgIpc) is 3.97. The van der Waals surface area contributed by atoms with Crippen LogP contribution in [0.3, 0.4) is 0 Å². The Labute approximate surface area is 313 Å². The largest absolute Gasteiger partial charge is 0.444 e. The number of nitrogens with zero attached hydrogens (tertiary/aromatic N) is 3. The fourth-order valence-corrected chi connectivity index (χ4v) is 6.74. The molecule has 282 valence electrons. The summed E-state index contributed by atoms with van der Waals surface area (Å²) in [6.07, 6.45) is 6.42. The van der Waals surface area contributed by atoms with Crippen LogP contribution in [0.1, 0.15) is 127 Å². The first-order chi connectivity index (χ1) is 24.6. The van der Waals surface area contributed by atoms with Gasteiger partial charge in [-0.05, 0) is 99.0 Å². The molecular formula is C44H64N6O2. The molecule has 4 atom stereocenters. The molecule has 7 rings (SSSR count). The number of amides is 1. The predicted molar refractivity (Wildman–Crippen MR) is 219 cm³/mol. The van der Waals surface area contributed by atoms with Crippen LogP contribution in [-0.4, -0.2) is 49.1 Å². The van der Waals surface area contributed by atoms with Gasteiger partial charge in [0.2, 0.25) is 0 Å². The third kappa shape index (κ3) is 9.71. The Bertz CT molecular complexity index is 1830. The molecule has 0 radical (unpaired) electrons. The summed E-state index contributed by atoms with van der Waals surface area (Å²) in [6.45, 7) is 23.1. The van der Waals surface area contributed by atoms with Crippen molar-refractivity contribution in [2.75, 3.05) is 6.54 Å². The Balaban J connectivity index is 0.000000992. The zero-order valence-corrected chi connectivity index (χ0v) is 32.7. The van der Waals surface area contributed by atoms with E-state index in [1.165, 1.54) is 16.5 Å². The van der Waals surface area contributed by atoms with E-state index in [-0.39, 0.29) is 25.6 Å². The molecule has 0 aliphatic carbocycles. The normalized spacial score (nSPS) is 19.3. The smallest absolute Gasteiger partial charge is 0.411 e. The Morgan fingerprint density at radius 2 is 1.25 bits per heavy atom. The van der Waals surface area contributed by atoms with Gasteiger partial charge >= 0.3 is 6.09 Å². The number of aromatic nitrogens is 4. The van der Waals surface area contributed by atoms with Gasteiger partial charge in [0.05, 0.1) is 35.9 Å². The number of imidazole rings is 2. The van der Waals surface area contributed by atoms with Crippen molar-refractivity contribution in [2.24, 2.45) is 5.92 Å². The molecule has 0 bridgehead atoms. The van der Waals surface area contributed by atoms with Gasteiger partial charge in [-0.25, -0.2) is 14.8 Å². The quantitative estimate of drug-likeness (QED) is 0.169. The van der Waals surface area contributed by atoms with Crippen LogP contribution in [-0.2, 0) is 4.74 Å². The monoisotopic (exact) mass is 709 g/mol. The number of aromatic amines is 2. The van der Waals surface area contributed by atoms with Crippen molar-refractivity contribution in [2.45, 2.75) is 127 Å². The lowest BCUT2D eigenvalue weighted by Crippen LogP contribution is -2.40. The van der Waals surface area contributed by atoms with Gasteiger partial charge in [-0.1, -0.05) is 104 Å². The number of rotatable bonds is 5. The van der Waals surface area contributed by atoms with E-state index in [1.807, 2.05) is 79.6 Å². The van der Waals surface area contributed by atoms with E-state index in [2.05, 4.69) is 94.8 Å². The highest BCUT2D eigenvalue weighted by molar-refractivity contribution is 5.90. The number of carbonyl (C=O) groups excluding carboxylic acids is 1. The number of hydrogen-bond acceptors (Lipinski definition) is 5. The minimum Gasteiger partial charge on any atom is -0.444 e. The number of likely N-dealkylation sites (tertiary alicyclic amines) is 1. The Hall–Kier alpha value is -4.43. The molecule has 2 aliphatic rings. The van der Waals surface area contributed by atoms with E-state index < -0.39 is 5.60 Å². The third-order valence-corrected chi connectivity index (χ3v) is 9.14. The lowest BCUT2D eigenvalue weighted by molar-refractivity contribution is 0.0151. The molecule has 8 nitrogen and oxygen atoms in total. The predicted octanol–water partition coefficient (Wildman–Crippen LogP) is 12.1. The van der Waals surface area contributed by atoms with Gasteiger partial charge in [0, 0.05) is 11.6 Å². The molecule has 1 amide bonds. The van der Waals surface area contributed by atoms with Gasteiger partial charge in [0.25, 0.3) is 0 Å². The molecule has 2 aliphatic heterocycles. The first kappa shape index (κ1) is 42.0. The molecular weight excluding hydrogens is 645 g/mol. The van der Waals surface area contributed by atoms with Crippen LogP contribution >= 0.6 is 0 Å². The highest BCUT2D eigenvalue weighted by atomic mass is 16.6.